The largest absolute Gasteiger partial charge is 0.373 e. The zero-order valence-corrected chi connectivity index (χ0v) is 12.9. The standard InChI is InChI=1S/C14H24N4S/c1-4-5-12-17-13(15-3)10(2)14(18-12)16-11-6-8-19-9-7-11/h11H,4-9H2,1-3H3,(H2,15,16,17,18). The Morgan fingerprint density at radius 1 is 1.21 bits per heavy atom. The molecule has 106 valence electrons. The van der Waals surface area contributed by atoms with Crippen LogP contribution in [0.4, 0.5) is 11.6 Å². The molecule has 1 aromatic rings. The van der Waals surface area contributed by atoms with E-state index >= 15 is 0 Å². The average Bonchev–Trinajstić information content (AvgIpc) is 2.43. The lowest BCUT2D eigenvalue weighted by Crippen LogP contribution is -2.26. The maximum atomic E-state index is 4.70. The zero-order valence-electron chi connectivity index (χ0n) is 12.1. The van der Waals surface area contributed by atoms with Gasteiger partial charge in [-0.3, -0.25) is 0 Å². The lowest BCUT2D eigenvalue weighted by Gasteiger charge is -2.24. The van der Waals surface area contributed by atoms with Crippen LogP contribution >= 0.6 is 11.8 Å². The lowest BCUT2D eigenvalue weighted by molar-refractivity contribution is 0.661. The van der Waals surface area contributed by atoms with Gasteiger partial charge in [0.1, 0.15) is 17.5 Å². The molecule has 1 aromatic heterocycles. The first-order chi connectivity index (χ1) is 9.24. The van der Waals surface area contributed by atoms with Gasteiger partial charge in [-0.1, -0.05) is 6.92 Å². The summed E-state index contributed by atoms with van der Waals surface area (Å²) in [4.78, 5) is 9.26. The summed E-state index contributed by atoms with van der Waals surface area (Å²) in [6.07, 6.45) is 4.47. The minimum Gasteiger partial charge on any atom is -0.373 e. The van der Waals surface area contributed by atoms with E-state index in [0.717, 1.165) is 35.9 Å². The van der Waals surface area contributed by atoms with Crippen molar-refractivity contribution >= 4 is 23.4 Å². The molecule has 1 aliphatic rings. The molecule has 19 heavy (non-hydrogen) atoms. The van der Waals surface area contributed by atoms with Crippen LogP contribution in [0.25, 0.3) is 0 Å². The Hall–Kier alpha value is -0.970. The first-order valence-electron chi connectivity index (χ1n) is 7.14. The number of aryl methyl sites for hydroxylation is 1. The minimum absolute atomic E-state index is 0.564. The van der Waals surface area contributed by atoms with Crippen LogP contribution in [-0.2, 0) is 6.42 Å². The summed E-state index contributed by atoms with van der Waals surface area (Å²) in [5.74, 6) is 5.40. The number of hydrogen-bond acceptors (Lipinski definition) is 5. The highest BCUT2D eigenvalue weighted by atomic mass is 32.2. The molecule has 0 aromatic carbocycles. The van der Waals surface area contributed by atoms with E-state index in [1.807, 2.05) is 18.8 Å². The highest BCUT2D eigenvalue weighted by Crippen LogP contribution is 2.24. The fourth-order valence-electron chi connectivity index (χ4n) is 2.32. The van der Waals surface area contributed by atoms with Crippen molar-refractivity contribution in [2.75, 3.05) is 29.2 Å². The van der Waals surface area contributed by atoms with Gasteiger partial charge in [-0.25, -0.2) is 9.97 Å². The van der Waals surface area contributed by atoms with Crippen molar-refractivity contribution in [3.63, 3.8) is 0 Å². The molecule has 1 saturated heterocycles. The predicted octanol–water partition coefficient (Wildman–Crippen LogP) is 3.09. The second-order valence-electron chi connectivity index (χ2n) is 4.99. The maximum absolute atomic E-state index is 4.70. The summed E-state index contributed by atoms with van der Waals surface area (Å²) in [5, 5.41) is 6.79. The highest BCUT2D eigenvalue weighted by molar-refractivity contribution is 7.99. The number of aromatic nitrogens is 2. The lowest BCUT2D eigenvalue weighted by atomic mass is 10.1. The van der Waals surface area contributed by atoms with Gasteiger partial charge in [-0.05, 0) is 37.7 Å². The van der Waals surface area contributed by atoms with E-state index in [0.29, 0.717) is 6.04 Å². The Morgan fingerprint density at radius 2 is 1.89 bits per heavy atom. The number of nitrogens with zero attached hydrogens (tertiary/aromatic N) is 2. The number of thioether (sulfide) groups is 1. The second kappa shape index (κ2) is 6.98. The van der Waals surface area contributed by atoms with Crippen LogP contribution in [0, 0.1) is 6.92 Å². The Labute approximate surface area is 120 Å². The molecule has 1 fully saturated rings. The third-order valence-electron chi connectivity index (χ3n) is 3.46. The Kier molecular flexibility index (Phi) is 5.31. The number of nitrogens with one attached hydrogen (secondary N) is 2. The SMILES string of the molecule is CCCc1nc(NC)c(C)c(NC2CCSCC2)n1. The molecule has 0 bridgehead atoms. The van der Waals surface area contributed by atoms with Crippen LogP contribution in [0.15, 0.2) is 0 Å². The fraction of sp³-hybridized carbons (Fsp3) is 0.714. The van der Waals surface area contributed by atoms with Crippen molar-refractivity contribution < 1.29 is 0 Å². The maximum Gasteiger partial charge on any atom is 0.134 e. The quantitative estimate of drug-likeness (QED) is 0.868. The molecule has 1 aliphatic heterocycles. The van der Waals surface area contributed by atoms with Crippen molar-refractivity contribution in [3.8, 4) is 0 Å². The van der Waals surface area contributed by atoms with E-state index in [9.17, 15) is 0 Å². The molecular weight excluding hydrogens is 256 g/mol. The van der Waals surface area contributed by atoms with Crippen molar-refractivity contribution in [1.29, 1.82) is 0 Å². The van der Waals surface area contributed by atoms with Gasteiger partial charge in [0.2, 0.25) is 0 Å². The molecule has 0 atom stereocenters. The Bertz CT molecular complexity index is 416. The van der Waals surface area contributed by atoms with Crippen LogP contribution in [-0.4, -0.2) is 34.6 Å². The van der Waals surface area contributed by atoms with Crippen molar-refractivity contribution in [1.82, 2.24) is 9.97 Å². The molecular formula is C14H24N4S. The van der Waals surface area contributed by atoms with Crippen LogP contribution in [0.2, 0.25) is 0 Å². The molecule has 0 aliphatic carbocycles. The number of rotatable bonds is 5. The summed E-state index contributed by atoms with van der Waals surface area (Å²) in [5.41, 5.74) is 1.13. The first kappa shape index (κ1) is 14.4. The van der Waals surface area contributed by atoms with E-state index in [4.69, 9.17) is 4.98 Å². The molecule has 4 nitrogen and oxygen atoms in total. The minimum atomic E-state index is 0.564. The van der Waals surface area contributed by atoms with Gasteiger partial charge in [0.05, 0.1) is 0 Å². The molecule has 0 amide bonds. The zero-order chi connectivity index (χ0) is 13.7. The topological polar surface area (TPSA) is 49.8 Å². The van der Waals surface area contributed by atoms with E-state index in [1.165, 1.54) is 24.3 Å². The molecule has 0 radical (unpaired) electrons. The molecule has 5 heteroatoms. The molecule has 0 spiro atoms. The van der Waals surface area contributed by atoms with Gasteiger partial charge in [0, 0.05) is 25.1 Å². The molecule has 2 N–H and O–H groups in total. The molecule has 2 rings (SSSR count). The molecule has 2 heterocycles. The van der Waals surface area contributed by atoms with Gasteiger partial charge >= 0.3 is 0 Å². The third-order valence-corrected chi connectivity index (χ3v) is 4.51. The smallest absolute Gasteiger partial charge is 0.134 e. The van der Waals surface area contributed by atoms with Crippen molar-refractivity contribution in [2.45, 2.75) is 45.6 Å². The van der Waals surface area contributed by atoms with E-state index < -0.39 is 0 Å². The van der Waals surface area contributed by atoms with Crippen LogP contribution in [0.5, 0.6) is 0 Å². The molecule has 0 saturated carbocycles. The average molecular weight is 280 g/mol. The summed E-state index contributed by atoms with van der Waals surface area (Å²) in [6.45, 7) is 4.25. The summed E-state index contributed by atoms with van der Waals surface area (Å²) in [6, 6.07) is 0.564. The van der Waals surface area contributed by atoms with E-state index in [-0.39, 0.29) is 0 Å². The monoisotopic (exact) mass is 280 g/mol. The summed E-state index contributed by atoms with van der Waals surface area (Å²) in [7, 11) is 1.92. The van der Waals surface area contributed by atoms with Crippen molar-refractivity contribution in [3.05, 3.63) is 11.4 Å². The molecule has 0 unspecified atom stereocenters. The normalized spacial score (nSPS) is 16.4. The van der Waals surface area contributed by atoms with E-state index in [1.54, 1.807) is 0 Å². The summed E-state index contributed by atoms with van der Waals surface area (Å²) >= 11 is 2.05. The van der Waals surface area contributed by atoms with Gasteiger partial charge in [0.25, 0.3) is 0 Å². The van der Waals surface area contributed by atoms with Crippen LogP contribution < -0.4 is 10.6 Å². The fourth-order valence-corrected chi connectivity index (χ4v) is 3.42. The van der Waals surface area contributed by atoms with Crippen molar-refractivity contribution in [2.24, 2.45) is 0 Å². The van der Waals surface area contributed by atoms with Crippen LogP contribution in [0.1, 0.15) is 37.6 Å². The van der Waals surface area contributed by atoms with E-state index in [2.05, 4.69) is 29.5 Å². The Morgan fingerprint density at radius 3 is 2.53 bits per heavy atom. The third kappa shape index (κ3) is 3.75. The highest BCUT2D eigenvalue weighted by Gasteiger charge is 2.17. The second-order valence-corrected chi connectivity index (χ2v) is 6.22. The Balaban J connectivity index is 2.18. The van der Waals surface area contributed by atoms with Gasteiger partial charge in [-0.15, -0.1) is 0 Å². The van der Waals surface area contributed by atoms with Gasteiger partial charge < -0.3 is 10.6 Å². The summed E-state index contributed by atoms with van der Waals surface area (Å²) < 4.78 is 0. The number of hydrogen-bond donors (Lipinski definition) is 2. The first-order valence-corrected chi connectivity index (χ1v) is 8.29. The van der Waals surface area contributed by atoms with Crippen LogP contribution in [0.3, 0.4) is 0 Å². The van der Waals surface area contributed by atoms with Gasteiger partial charge in [0.15, 0.2) is 0 Å². The predicted molar refractivity (Wildman–Crippen MR) is 84.3 cm³/mol. The number of anilines is 2. The van der Waals surface area contributed by atoms with Gasteiger partial charge in [-0.2, -0.15) is 11.8 Å².